The lowest BCUT2D eigenvalue weighted by Crippen LogP contribution is -2.03. The summed E-state index contributed by atoms with van der Waals surface area (Å²) in [5, 5.41) is 9.10. The van der Waals surface area contributed by atoms with Crippen molar-refractivity contribution in [1.82, 2.24) is 0 Å². The van der Waals surface area contributed by atoms with E-state index in [1.165, 1.54) is 43.8 Å². The third-order valence-corrected chi connectivity index (χ3v) is 12.0. The van der Waals surface area contributed by atoms with Crippen molar-refractivity contribution in [3.05, 3.63) is 217 Å². The van der Waals surface area contributed by atoms with Gasteiger partial charge in [0.25, 0.3) is 0 Å². The van der Waals surface area contributed by atoms with Crippen LogP contribution in [0.15, 0.2) is 214 Å². The molecule has 276 valence electrons. The summed E-state index contributed by atoms with van der Waals surface area (Å²) in [5.41, 5.74) is 14.0. The number of aliphatic imine (C=N–C) groups is 1. The Morgan fingerprint density at radius 2 is 1.07 bits per heavy atom. The van der Waals surface area contributed by atoms with Crippen LogP contribution in [0.4, 0.5) is 0 Å². The minimum atomic E-state index is 0.713. The van der Waals surface area contributed by atoms with E-state index in [2.05, 4.69) is 194 Å². The molecule has 3 heterocycles. The van der Waals surface area contributed by atoms with Crippen molar-refractivity contribution in [3.63, 3.8) is 0 Å². The average molecular weight is 754 g/mol. The van der Waals surface area contributed by atoms with Gasteiger partial charge in [-0.3, -0.25) is 0 Å². The second-order valence-electron chi connectivity index (χ2n) is 15.4. The molecule has 0 N–H and O–H groups in total. The number of allylic oxidation sites excluding steroid dienone is 3. The lowest BCUT2D eigenvalue weighted by molar-refractivity contribution is 0.668. The molecule has 2 aromatic heterocycles. The third-order valence-electron chi connectivity index (χ3n) is 12.0. The maximum atomic E-state index is 6.87. The van der Waals surface area contributed by atoms with Gasteiger partial charge in [-0.1, -0.05) is 164 Å². The molecule has 0 bridgehead atoms. The molecule has 0 amide bonds. The maximum Gasteiger partial charge on any atom is 0.143 e. The van der Waals surface area contributed by atoms with Crippen LogP contribution in [-0.4, -0.2) is 5.71 Å². The third kappa shape index (κ3) is 5.54. The molecule has 3 nitrogen and oxygen atoms in total. The van der Waals surface area contributed by atoms with Gasteiger partial charge in [-0.05, 0) is 97.8 Å². The van der Waals surface area contributed by atoms with E-state index >= 15 is 0 Å². The Morgan fingerprint density at radius 3 is 1.95 bits per heavy atom. The molecule has 59 heavy (non-hydrogen) atoms. The first kappa shape index (κ1) is 33.4. The number of hydrogen-bond acceptors (Lipinski definition) is 3. The van der Waals surface area contributed by atoms with Crippen LogP contribution < -0.4 is 0 Å². The highest BCUT2D eigenvalue weighted by Crippen LogP contribution is 2.44. The number of rotatable bonds is 5. The maximum absolute atomic E-state index is 6.87. The lowest BCUT2D eigenvalue weighted by Gasteiger charge is -2.14. The normalized spacial score (nSPS) is 13.3. The summed E-state index contributed by atoms with van der Waals surface area (Å²) in [5.74, 6) is 0. The van der Waals surface area contributed by atoms with E-state index in [-0.39, 0.29) is 0 Å². The van der Waals surface area contributed by atoms with Gasteiger partial charge >= 0.3 is 0 Å². The average Bonchev–Trinajstić information content (AvgIpc) is 3.80. The van der Waals surface area contributed by atoms with Crippen LogP contribution in [0.25, 0.3) is 98.9 Å². The fraction of sp³-hybridized carbons (Fsp3) is 0.0179. The van der Waals surface area contributed by atoms with Crippen molar-refractivity contribution >= 4 is 82.4 Å². The zero-order chi connectivity index (χ0) is 38.9. The van der Waals surface area contributed by atoms with Gasteiger partial charge in [-0.2, -0.15) is 0 Å². The molecule has 12 rings (SSSR count). The molecule has 3 heteroatoms. The minimum Gasteiger partial charge on any atom is -0.456 e. The monoisotopic (exact) mass is 753 g/mol. The highest BCUT2D eigenvalue weighted by atomic mass is 16.3. The summed E-state index contributed by atoms with van der Waals surface area (Å²) in [6, 6.07) is 66.6. The molecule has 1 aliphatic heterocycles. The van der Waals surface area contributed by atoms with Crippen LogP contribution >= 0.6 is 0 Å². The standard InChI is InChI=1S/C56H35NO2/c1-2-11-35(12-3-1)37-21-24-39(25-22-37)48-30-27-42(41-26-23-36-13-4-5-15-40(36)33-41)34-49(57-48)54-44(29-32-52-55(54)46-17-8-9-20-50(46)58-52)45-18-10-19-47-53-43-16-7-6-14-38(43)28-31-51(53)59-56(45)47/h1-26,28-34H,27H2. The van der Waals surface area contributed by atoms with E-state index in [1.807, 2.05) is 6.07 Å². The predicted molar refractivity (Wildman–Crippen MR) is 247 cm³/mol. The lowest BCUT2D eigenvalue weighted by atomic mass is 9.89. The summed E-state index contributed by atoms with van der Waals surface area (Å²) in [7, 11) is 0. The number of fused-ring (bicyclic) bond motifs is 9. The van der Waals surface area contributed by atoms with E-state index in [9.17, 15) is 0 Å². The molecule has 0 unspecified atom stereocenters. The molecular formula is C56H35NO2. The van der Waals surface area contributed by atoms with E-state index in [4.69, 9.17) is 13.8 Å². The highest BCUT2D eigenvalue weighted by Gasteiger charge is 2.24. The summed E-state index contributed by atoms with van der Waals surface area (Å²) in [6.07, 6.45) is 5.30. The predicted octanol–water partition coefficient (Wildman–Crippen LogP) is 15.4. The second kappa shape index (κ2) is 13.4. The SMILES string of the molecule is C1=C(c2ccc3ccccc3c2)CC=C(c2ccc(-c3ccccc3)cc2)N=C1c1c(-c2cccc3c2oc2ccc4ccccc4c23)ccc2oc3ccccc3c12. The van der Waals surface area contributed by atoms with Crippen molar-refractivity contribution in [3.8, 4) is 22.3 Å². The number of furan rings is 2. The highest BCUT2D eigenvalue weighted by molar-refractivity contribution is 6.29. The molecular weight excluding hydrogens is 719 g/mol. The molecule has 0 fully saturated rings. The molecule has 11 aromatic rings. The number of para-hydroxylation sites is 2. The van der Waals surface area contributed by atoms with Gasteiger partial charge in [0.15, 0.2) is 0 Å². The van der Waals surface area contributed by atoms with Crippen LogP contribution in [-0.2, 0) is 0 Å². The zero-order valence-corrected chi connectivity index (χ0v) is 32.0. The van der Waals surface area contributed by atoms with Crippen LogP contribution in [0.5, 0.6) is 0 Å². The smallest absolute Gasteiger partial charge is 0.143 e. The van der Waals surface area contributed by atoms with Gasteiger partial charge in [0, 0.05) is 32.7 Å². The van der Waals surface area contributed by atoms with Crippen molar-refractivity contribution in [2.24, 2.45) is 4.99 Å². The van der Waals surface area contributed by atoms with E-state index in [0.717, 1.165) is 77.5 Å². The summed E-state index contributed by atoms with van der Waals surface area (Å²) < 4.78 is 13.5. The Balaban J connectivity index is 1.13. The minimum absolute atomic E-state index is 0.713. The Kier molecular flexibility index (Phi) is 7.60. The molecule has 1 aliphatic rings. The summed E-state index contributed by atoms with van der Waals surface area (Å²) >= 11 is 0. The number of hydrogen-bond donors (Lipinski definition) is 0. The first-order valence-electron chi connectivity index (χ1n) is 20.2. The molecule has 0 aliphatic carbocycles. The molecule has 0 spiro atoms. The van der Waals surface area contributed by atoms with Gasteiger partial charge in [-0.25, -0.2) is 4.99 Å². The van der Waals surface area contributed by atoms with Crippen molar-refractivity contribution in [2.75, 3.05) is 0 Å². The topological polar surface area (TPSA) is 38.6 Å². The quantitative estimate of drug-likeness (QED) is 0.176. The molecule has 0 saturated carbocycles. The van der Waals surface area contributed by atoms with Crippen LogP contribution in [0.3, 0.4) is 0 Å². The van der Waals surface area contributed by atoms with Crippen LogP contribution in [0.1, 0.15) is 23.1 Å². The number of nitrogens with zero attached hydrogens (tertiary/aromatic N) is 1. The first-order chi connectivity index (χ1) is 29.2. The van der Waals surface area contributed by atoms with Gasteiger partial charge in [0.1, 0.15) is 22.3 Å². The van der Waals surface area contributed by atoms with Crippen LogP contribution in [0, 0.1) is 0 Å². The molecule has 0 saturated heterocycles. The van der Waals surface area contributed by atoms with Gasteiger partial charge < -0.3 is 8.83 Å². The van der Waals surface area contributed by atoms with Gasteiger partial charge in [0.05, 0.1) is 11.4 Å². The van der Waals surface area contributed by atoms with Gasteiger partial charge in [0.2, 0.25) is 0 Å². The second-order valence-corrected chi connectivity index (χ2v) is 15.4. The molecule has 0 radical (unpaired) electrons. The van der Waals surface area contributed by atoms with Crippen molar-refractivity contribution in [2.45, 2.75) is 6.42 Å². The van der Waals surface area contributed by atoms with Gasteiger partial charge in [-0.15, -0.1) is 0 Å². The Hall–Kier alpha value is -7.75. The van der Waals surface area contributed by atoms with Crippen molar-refractivity contribution < 1.29 is 8.83 Å². The zero-order valence-electron chi connectivity index (χ0n) is 32.0. The Bertz CT molecular complexity index is 3560. The Morgan fingerprint density at radius 1 is 0.407 bits per heavy atom. The molecule has 9 aromatic carbocycles. The largest absolute Gasteiger partial charge is 0.456 e. The van der Waals surface area contributed by atoms with Crippen LogP contribution in [0.2, 0.25) is 0 Å². The fourth-order valence-corrected chi connectivity index (χ4v) is 9.09. The summed E-state index contributed by atoms with van der Waals surface area (Å²) in [4.78, 5) is 5.67. The van der Waals surface area contributed by atoms with E-state index in [1.54, 1.807) is 0 Å². The molecule has 0 atom stereocenters. The van der Waals surface area contributed by atoms with E-state index < -0.39 is 0 Å². The van der Waals surface area contributed by atoms with E-state index in [0.29, 0.717) is 6.42 Å². The Labute approximate surface area is 340 Å². The number of benzene rings is 9. The van der Waals surface area contributed by atoms with Crippen molar-refractivity contribution in [1.29, 1.82) is 0 Å². The first-order valence-corrected chi connectivity index (χ1v) is 20.2. The summed E-state index contributed by atoms with van der Waals surface area (Å²) in [6.45, 7) is 0. The fourth-order valence-electron chi connectivity index (χ4n) is 9.09.